The second-order valence-electron chi connectivity index (χ2n) is 6.21. The molecular weight excluding hydrogens is 314 g/mol. The van der Waals surface area contributed by atoms with Crippen LogP contribution in [0.2, 0.25) is 0 Å². The Kier molecular flexibility index (Phi) is 4.41. The molecule has 122 valence electrons. The van der Waals surface area contributed by atoms with Gasteiger partial charge in [-0.1, -0.05) is 36.4 Å². The van der Waals surface area contributed by atoms with Crippen molar-refractivity contribution in [3.8, 4) is 11.3 Å². The van der Waals surface area contributed by atoms with Crippen molar-refractivity contribution in [2.45, 2.75) is 32.2 Å². The predicted octanol–water partition coefficient (Wildman–Crippen LogP) is 4.33. The fourth-order valence-corrected chi connectivity index (χ4v) is 4.36. The number of aryl methyl sites for hydroxylation is 2. The molecule has 0 saturated heterocycles. The van der Waals surface area contributed by atoms with Crippen molar-refractivity contribution >= 4 is 11.3 Å². The van der Waals surface area contributed by atoms with Gasteiger partial charge in [0.1, 0.15) is 0 Å². The Morgan fingerprint density at radius 3 is 2.92 bits per heavy atom. The van der Waals surface area contributed by atoms with Gasteiger partial charge in [0.2, 0.25) is 0 Å². The molecule has 4 heteroatoms. The van der Waals surface area contributed by atoms with Crippen LogP contribution in [0.3, 0.4) is 0 Å². The highest BCUT2D eigenvalue weighted by Crippen LogP contribution is 2.30. The first-order valence-electron chi connectivity index (χ1n) is 8.50. The van der Waals surface area contributed by atoms with E-state index >= 15 is 0 Å². The van der Waals surface area contributed by atoms with Gasteiger partial charge in [0.05, 0.1) is 10.7 Å². The van der Waals surface area contributed by atoms with Crippen molar-refractivity contribution in [2.75, 3.05) is 6.54 Å². The molecule has 4 rings (SSSR count). The number of benzene rings is 1. The van der Waals surface area contributed by atoms with Crippen molar-refractivity contribution < 1.29 is 0 Å². The zero-order chi connectivity index (χ0) is 16.4. The van der Waals surface area contributed by atoms with E-state index in [0.29, 0.717) is 6.04 Å². The van der Waals surface area contributed by atoms with Gasteiger partial charge in [0.15, 0.2) is 0 Å². The molecule has 1 aromatic carbocycles. The van der Waals surface area contributed by atoms with Crippen LogP contribution in [-0.2, 0) is 12.8 Å². The van der Waals surface area contributed by atoms with E-state index in [4.69, 9.17) is 4.98 Å². The normalized spacial score (nSPS) is 16.3. The predicted molar refractivity (Wildman–Crippen MR) is 99.3 cm³/mol. The molecule has 0 spiro atoms. The minimum Gasteiger partial charge on any atom is -0.309 e. The highest BCUT2D eigenvalue weighted by molar-refractivity contribution is 7.12. The van der Waals surface area contributed by atoms with Crippen LogP contribution in [0.4, 0.5) is 0 Å². The van der Waals surface area contributed by atoms with Gasteiger partial charge >= 0.3 is 0 Å². The number of rotatable bonds is 5. The van der Waals surface area contributed by atoms with E-state index in [1.165, 1.54) is 26.7 Å². The maximum Gasteiger partial charge on any atom is 0.0948 e. The van der Waals surface area contributed by atoms with Crippen molar-refractivity contribution in [1.29, 1.82) is 0 Å². The van der Waals surface area contributed by atoms with Crippen molar-refractivity contribution in [3.05, 3.63) is 69.8 Å². The van der Waals surface area contributed by atoms with E-state index < -0.39 is 0 Å². The van der Waals surface area contributed by atoms with Gasteiger partial charge in [-0.15, -0.1) is 11.3 Å². The van der Waals surface area contributed by atoms with E-state index in [1.54, 1.807) is 0 Å². The maximum atomic E-state index is 4.85. The van der Waals surface area contributed by atoms with Crippen LogP contribution in [0, 0.1) is 6.92 Å². The highest BCUT2D eigenvalue weighted by atomic mass is 32.1. The number of thiazole rings is 1. The summed E-state index contributed by atoms with van der Waals surface area (Å²) >= 11 is 1.81. The summed E-state index contributed by atoms with van der Waals surface area (Å²) in [6, 6.07) is 15.1. The van der Waals surface area contributed by atoms with E-state index in [0.717, 1.165) is 31.5 Å². The number of hydrogen-bond acceptors (Lipinski definition) is 4. The largest absolute Gasteiger partial charge is 0.309 e. The zero-order valence-electron chi connectivity index (χ0n) is 13.8. The fourth-order valence-electron chi connectivity index (χ4n) is 3.40. The lowest BCUT2D eigenvalue weighted by Crippen LogP contribution is -2.21. The number of pyridine rings is 1. The zero-order valence-corrected chi connectivity index (χ0v) is 14.6. The molecule has 24 heavy (non-hydrogen) atoms. The second-order valence-corrected chi connectivity index (χ2v) is 7.50. The molecule has 0 aliphatic heterocycles. The summed E-state index contributed by atoms with van der Waals surface area (Å²) in [5.41, 5.74) is 4.97. The standard InChI is InChI=1S/C20H21N3S/c1-14-20(15-6-3-2-4-7-15)23-19(24-14)11-13-22-18-10-9-17-16(18)8-5-12-21-17/h2-8,12,18,22H,9-11,13H2,1H3. The Morgan fingerprint density at radius 2 is 2.04 bits per heavy atom. The molecule has 3 aromatic rings. The molecular formula is C20H21N3S. The average Bonchev–Trinajstić information content (AvgIpc) is 3.20. The number of fused-ring (bicyclic) bond motifs is 1. The molecule has 0 saturated carbocycles. The van der Waals surface area contributed by atoms with Gasteiger partial charge in [0.25, 0.3) is 0 Å². The first kappa shape index (κ1) is 15.5. The molecule has 0 fully saturated rings. The van der Waals surface area contributed by atoms with Gasteiger partial charge in [-0.05, 0) is 31.4 Å². The number of aromatic nitrogens is 2. The smallest absolute Gasteiger partial charge is 0.0948 e. The SMILES string of the molecule is Cc1sc(CCNC2CCc3ncccc32)nc1-c1ccccc1. The lowest BCUT2D eigenvalue weighted by Gasteiger charge is -2.12. The van der Waals surface area contributed by atoms with Crippen LogP contribution in [0.25, 0.3) is 11.3 Å². The minimum atomic E-state index is 0.448. The van der Waals surface area contributed by atoms with Crippen LogP contribution in [0.15, 0.2) is 48.7 Å². The molecule has 1 N–H and O–H groups in total. The summed E-state index contributed by atoms with van der Waals surface area (Å²) in [6.45, 7) is 3.12. The summed E-state index contributed by atoms with van der Waals surface area (Å²) in [4.78, 5) is 10.6. The first-order chi connectivity index (χ1) is 11.8. The molecule has 3 nitrogen and oxygen atoms in total. The molecule has 0 amide bonds. The average molecular weight is 335 g/mol. The van der Waals surface area contributed by atoms with Crippen LogP contribution in [0.5, 0.6) is 0 Å². The number of hydrogen-bond donors (Lipinski definition) is 1. The van der Waals surface area contributed by atoms with Crippen LogP contribution in [0.1, 0.15) is 33.6 Å². The summed E-state index contributed by atoms with van der Waals surface area (Å²) in [7, 11) is 0. The lowest BCUT2D eigenvalue weighted by atomic mass is 10.1. The quantitative estimate of drug-likeness (QED) is 0.754. The molecule has 0 radical (unpaired) electrons. The summed E-state index contributed by atoms with van der Waals surface area (Å²) in [5.74, 6) is 0. The highest BCUT2D eigenvalue weighted by Gasteiger charge is 2.22. The van der Waals surface area contributed by atoms with Crippen molar-refractivity contribution in [1.82, 2.24) is 15.3 Å². The van der Waals surface area contributed by atoms with Crippen LogP contribution < -0.4 is 5.32 Å². The Morgan fingerprint density at radius 1 is 1.17 bits per heavy atom. The Hall–Kier alpha value is -2.04. The van der Waals surface area contributed by atoms with E-state index in [1.807, 2.05) is 29.7 Å². The summed E-state index contributed by atoms with van der Waals surface area (Å²) in [6.07, 6.45) is 5.11. The molecule has 2 aromatic heterocycles. The van der Waals surface area contributed by atoms with E-state index in [2.05, 4.69) is 47.6 Å². The fraction of sp³-hybridized carbons (Fsp3) is 0.300. The number of nitrogens with zero attached hydrogens (tertiary/aromatic N) is 2. The first-order valence-corrected chi connectivity index (χ1v) is 9.32. The molecule has 2 heterocycles. The molecule has 0 bridgehead atoms. The van der Waals surface area contributed by atoms with E-state index in [-0.39, 0.29) is 0 Å². The molecule has 1 atom stereocenters. The van der Waals surface area contributed by atoms with Crippen molar-refractivity contribution in [3.63, 3.8) is 0 Å². The van der Waals surface area contributed by atoms with Gasteiger partial charge in [0, 0.05) is 41.3 Å². The van der Waals surface area contributed by atoms with Gasteiger partial charge in [-0.2, -0.15) is 0 Å². The van der Waals surface area contributed by atoms with Gasteiger partial charge in [-0.25, -0.2) is 4.98 Å². The molecule has 1 unspecified atom stereocenters. The van der Waals surface area contributed by atoms with Crippen molar-refractivity contribution in [2.24, 2.45) is 0 Å². The van der Waals surface area contributed by atoms with Gasteiger partial charge < -0.3 is 5.32 Å². The van der Waals surface area contributed by atoms with Crippen LogP contribution >= 0.6 is 11.3 Å². The minimum absolute atomic E-state index is 0.448. The summed E-state index contributed by atoms with van der Waals surface area (Å²) in [5, 5.41) is 4.89. The third kappa shape index (κ3) is 3.12. The third-order valence-corrected chi connectivity index (χ3v) is 5.62. The summed E-state index contributed by atoms with van der Waals surface area (Å²) < 4.78 is 0. The Bertz CT molecular complexity index is 826. The third-order valence-electron chi connectivity index (χ3n) is 4.59. The lowest BCUT2D eigenvalue weighted by molar-refractivity contribution is 0.533. The maximum absolute atomic E-state index is 4.85. The van der Waals surface area contributed by atoms with E-state index in [9.17, 15) is 0 Å². The molecule has 1 aliphatic rings. The topological polar surface area (TPSA) is 37.8 Å². The monoisotopic (exact) mass is 335 g/mol. The van der Waals surface area contributed by atoms with Gasteiger partial charge in [-0.3, -0.25) is 4.98 Å². The van der Waals surface area contributed by atoms with Crippen LogP contribution in [-0.4, -0.2) is 16.5 Å². The number of nitrogens with one attached hydrogen (secondary N) is 1. The molecule has 1 aliphatic carbocycles. The Balaban J connectivity index is 1.39. The second kappa shape index (κ2) is 6.83. The Labute approximate surface area is 146 Å².